The van der Waals surface area contributed by atoms with Gasteiger partial charge in [0.25, 0.3) is 0 Å². The predicted molar refractivity (Wildman–Crippen MR) is 136 cm³/mol. The van der Waals surface area contributed by atoms with Crippen LogP contribution in [0.2, 0.25) is 5.02 Å². The van der Waals surface area contributed by atoms with Crippen molar-refractivity contribution in [3.05, 3.63) is 70.7 Å². The first kappa shape index (κ1) is 25.4. The zero-order valence-electron chi connectivity index (χ0n) is 17.7. The molecule has 0 spiro atoms. The third kappa shape index (κ3) is 7.97. The normalized spacial score (nSPS) is 15.0. The van der Waals surface area contributed by atoms with Gasteiger partial charge in [-0.2, -0.15) is 0 Å². The lowest BCUT2D eigenvalue weighted by Gasteiger charge is -2.31. The first-order valence-corrected chi connectivity index (χ1v) is 10.7. The molecule has 168 valence electrons. The van der Waals surface area contributed by atoms with Gasteiger partial charge in [0.1, 0.15) is 0 Å². The summed E-state index contributed by atoms with van der Waals surface area (Å²) in [5.74, 6) is 0.496. The van der Waals surface area contributed by atoms with Crippen LogP contribution >= 0.6 is 35.6 Å². The Kier molecular flexibility index (Phi) is 11.1. The van der Waals surface area contributed by atoms with E-state index in [9.17, 15) is 4.79 Å². The molecule has 2 N–H and O–H groups in total. The standard InChI is InChI=1S/C23H29ClN4O2.HI/c1-2-25-23(26-16-18-7-6-10-20(24)15-18)27-17-21(19-8-4-3-5-9-19)22(29)28-11-13-30-14-12-28;/h3-10,15,21H,2,11-14,16-17H2,1H3,(H2,25,26,27);1H. The van der Waals surface area contributed by atoms with E-state index in [-0.39, 0.29) is 35.8 Å². The first-order valence-electron chi connectivity index (χ1n) is 10.4. The Morgan fingerprint density at radius 3 is 2.55 bits per heavy atom. The number of hydrogen-bond acceptors (Lipinski definition) is 3. The zero-order chi connectivity index (χ0) is 21.2. The molecule has 2 aromatic carbocycles. The Labute approximate surface area is 206 Å². The molecule has 1 amide bonds. The van der Waals surface area contributed by atoms with E-state index in [1.54, 1.807) is 0 Å². The highest BCUT2D eigenvalue weighted by atomic mass is 127. The third-order valence-electron chi connectivity index (χ3n) is 4.95. The summed E-state index contributed by atoms with van der Waals surface area (Å²) in [4.78, 5) is 19.8. The zero-order valence-corrected chi connectivity index (χ0v) is 20.8. The monoisotopic (exact) mass is 556 g/mol. The minimum Gasteiger partial charge on any atom is -0.378 e. The molecule has 1 unspecified atom stereocenters. The molecule has 31 heavy (non-hydrogen) atoms. The summed E-state index contributed by atoms with van der Waals surface area (Å²) in [6.45, 7) is 6.15. The molecule has 6 nitrogen and oxygen atoms in total. The summed E-state index contributed by atoms with van der Waals surface area (Å²) in [7, 11) is 0. The van der Waals surface area contributed by atoms with Crippen molar-refractivity contribution < 1.29 is 9.53 Å². The second-order valence-corrected chi connectivity index (χ2v) is 7.54. The van der Waals surface area contributed by atoms with Crippen LogP contribution in [-0.4, -0.2) is 56.2 Å². The van der Waals surface area contributed by atoms with Gasteiger partial charge in [0.05, 0.1) is 25.7 Å². The Morgan fingerprint density at radius 1 is 1.13 bits per heavy atom. The number of nitrogens with zero attached hydrogens (tertiary/aromatic N) is 2. The number of amides is 1. The molecule has 0 saturated carbocycles. The van der Waals surface area contributed by atoms with Gasteiger partial charge in [-0.3, -0.25) is 4.79 Å². The number of carbonyl (C=O) groups is 1. The number of rotatable bonds is 7. The second kappa shape index (κ2) is 13.5. The summed E-state index contributed by atoms with van der Waals surface area (Å²) in [5, 5.41) is 7.30. The molecule has 1 aliphatic heterocycles. The Hall–Kier alpha value is -1.84. The maximum atomic E-state index is 13.2. The highest BCUT2D eigenvalue weighted by Gasteiger charge is 2.27. The summed E-state index contributed by atoms with van der Waals surface area (Å²) in [6.07, 6.45) is 0. The molecule has 0 radical (unpaired) electrons. The van der Waals surface area contributed by atoms with Crippen LogP contribution in [0.1, 0.15) is 24.0 Å². The molecule has 1 aliphatic rings. The van der Waals surface area contributed by atoms with Crippen molar-refractivity contribution in [2.75, 3.05) is 39.4 Å². The molecule has 0 aliphatic carbocycles. The summed E-state index contributed by atoms with van der Waals surface area (Å²) in [6, 6.07) is 17.6. The summed E-state index contributed by atoms with van der Waals surface area (Å²) in [5.41, 5.74) is 2.02. The van der Waals surface area contributed by atoms with Gasteiger partial charge in [-0.05, 0) is 30.2 Å². The third-order valence-corrected chi connectivity index (χ3v) is 5.18. The van der Waals surface area contributed by atoms with Gasteiger partial charge in [-0.25, -0.2) is 4.99 Å². The van der Waals surface area contributed by atoms with Gasteiger partial charge in [0.15, 0.2) is 5.96 Å². The van der Waals surface area contributed by atoms with Crippen LogP contribution in [0.4, 0.5) is 0 Å². The molecule has 1 atom stereocenters. The molecule has 1 heterocycles. The minimum absolute atomic E-state index is 0. The quantitative estimate of drug-likeness (QED) is 0.310. The molecule has 8 heteroatoms. The molecule has 2 aromatic rings. The lowest BCUT2D eigenvalue weighted by molar-refractivity contribution is -0.136. The number of nitrogens with one attached hydrogen (secondary N) is 2. The highest BCUT2D eigenvalue weighted by molar-refractivity contribution is 14.0. The number of carbonyl (C=O) groups excluding carboxylic acids is 1. The van der Waals surface area contributed by atoms with E-state index >= 15 is 0 Å². The molecular formula is C23H30ClIN4O2. The lowest BCUT2D eigenvalue weighted by atomic mass is 9.97. The summed E-state index contributed by atoms with van der Waals surface area (Å²) < 4.78 is 5.40. The number of benzene rings is 2. The topological polar surface area (TPSA) is 66.0 Å². The van der Waals surface area contributed by atoms with Gasteiger partial charge in [-0.1, -0.05) is 54.1 Å². The van der Waals surface area contributed by atoms with E-state index in [2.05, 4.69) is 15.6 Å². The van der Waals surface area contributed by atoms with Crippen LogP contribution in [0.5, 0.6) is 0 Å². The van der Waals surface area contributed by atoms with Crippen LogP contribution in [-0.2, 0) is 16.1 Å². The van der Waals surface area contributed by atoms with Gasteiger partial charge < -0.3 is 20.3 Å². The number of ether oxygens (including phenoxy) is 1. The van der Waals surface area contributed by atoms with Crippen LogP contribution in [0.25, 0.3) is 0 Å². The molecule has 3 rings (SSSR count). The maximum Gasteiger partial charge on any atom is 0.232 e. The van der Waals surface area contributed by atoms with Crippen LogP contribution in [0.15, 0.2) is 59.6 Å². The Balaban J connectivity index is 0.00000341. The van der Waals surface area contributed by atoms with Crippen molar-refractivity contribution in [2.45, 2.75) is 19.4 Å². The van der Waals surface area contributed by atoms with E-state index in [4.69, 9.17) is 16.3 Å². The molecule has 1 fully saturated rings. The van der Waals surface area contributed by atoms with Crippen molar-refractivity contribution in [3.63, 3.8) is 0 Å². The van der Waals surface area contributed by atoms with E-state index in [0.29, 0.717) is 50.4 Å². The van der Waals surface area contributed by atoms with Gasteiger partial charge in [0, 0.05) is 31.2 Å². The fourth-order valence-electron chi connectivity index (χ4n) is 3.38. The number of morpholine rings is 1. The fourth-order valence-corrected chi connectivity index (χ4v) is 3.60. The predicted octanol–water partition coefficient (Wildman–Crippen LogP) is 3.66. The average Bonchev–Trinajstić information content (AvgIpc) is 2.78. The highest BCUT2D eigenvalue weighted by Crippen LogP contribution is 2.19. The van der Waals surface area contributed by atoms with E-state index in [1.165, 1.54) is 0 Å². The number of hydrogen-bond donors (Lipinski definition) is 2. The minimum atomic E-state index is -0.292. The van der Waals surface area contributed by atoms with Crippen molar-refractivity contribution in [1.82, 2.24) is 15.5 Å². The van der Waals surface area contributed by atoms with Crippen molar-refractivity contribution in [2.24, 2.45) is 4.99 Å². The molecule has 0 bridgehead atoms. The largest absolute Gasteiger partial charge is 0.378 e. The van der Waals surface area contributed by atoms with Crippen molar-refractivity contribution in [1.29, 1.82) is 0 Å². The van der Waals surface area contributed by atoms with Gasteiger partial charge >= 0.3 is 0 Å². The number of halogens is 2. The lowest BCUT2D eigenvalue weighted by Crippen LogP contribution is -2.47. The number of aliphatic imine (C=N–C) groups is 1. The Bertz CT molecular complexity index is 844. The molecule has 0 aromatic heterocycles. The average molecular weight is 557 g/mol. The van der Waals surface area contributed by atoms with Crippen LogP contribution in [0, 0.1) is 0 Å². The van der Waals surface area contributed by atoms with Crippen LogP contribution in [0.3, 0.4) is 0 Å². The van der Waals surface area contributed by atoms with Crippen molar-refractivity contribution >= 4 is 47.4 Å². The number of guanidine groups is 1. The maximum absolute atomic E-state index is 13.2. The Morgan fingerprint density at radius 2 is 1.87 bits per heavy atom. The molecular weight excluding hydrogens is 527 g/mol. The van der Waals surface area contributed by atoms with E-state index in [0.717, 1.165) is 17.7 Å². The van der Waals surface area contributed by atoms with Crippen molar-refractivity contribution in [3.8, 4) is 0 Å². The molecule has 1 saturated heterocycles. The smallest absolute Gasteiger partial charge is 0.232 e. The summed E-state index contributed by atoms with van der Waals surface area (Å²) >= 11 is 6.07. The van der Waals surface area contributed by atoms with E-state index in [1.807, 2.05) is 66.4 Å². The van der Waals surface area contributed by atoms with Crippen LogP contribution < -0.4 is 10.6 Å². The van der Waals surface area contributed by atoms with Gasteiger partial charge in [-0.15, -0.1) is 24.0 Å². The van der Waals surface area contributed by atoms with Gasteiger partial charge in [0.2, 0.25) is 5.91 Å². The SMILES string of the molecule is CCNC(=NCc1cccc(Cl)c1)NCC(C(=O)N1CCOCC1)c1ccccc1.I. The second-order valence-electron chi connectivity index (χ2n) is 7.11. The van der Waals surface area contributed by atoms with E-state index < -0.39 is 0 Å². The fraction of sp³-hybridized carbons (Fsp3) is 0.391. The first-order chi connectivity index (χ1) is 14.7.